The Morgan fingerprint density at radius 1 is 1.18 bits per heavy atom. The number of sulfonamides is 1. The first-order valence-corrected chi connectivity index (χ1v) is 16.3. The van der Waals surface area contributed by atoms with Crippen LogP contribution >= 0.6 is 22.9 Å². The van der Waals surface area contributed by atoms with Crippen LogP contribution in [0.25, 0.3) is 21.3 Å². The second-order valence-electron chi connectivity index (χ2n) is 12.7. The molecule has 1 spiro atoms. The molecule has 1 N–H and O–H groups in total. The number of hydrogen-bond acceptors (Lipinski definition) is 6. The number of anilines is 1. The molecule has 1 aromatic carbocycles. The zero-order chi connectivity index (χ0) is 26.6. The largest absolute Gasteiger partial charge is 0.391 e. The van der Waals surface area contributed by atoms with Crippen molar-refractivity contribution in [3.8, 4) is 11.1 Å². The summed E-state index contributed by atoms with van der Waals surface area (Å²) in [4.78, 5) is 8.00. The van der Waals surface area contributed by atoms with Gasteiger partial charge in [0.25, 0.3) is 0 Å². The predicted molar refractivity (Wildman–Crippen MR) is 155 cm³/mol. The van der Waals surface area contributed by atoms with Gasteiger partial charge < -0.3 is 10.0 Å². The minimum atomic E-state index is -3.44. The maximum Gasteiger partial charge on any atom is 0.219 e. The lowest BCUT2D eigenvalue weighted by Gasteiger charge is -2.46. The van der Waals surface area contributed by atoms with Crippen LogP contribution in [0.2, 0.25) is 5.02 Å². The third-order valence-electron chi connectivity index (χ3n) is 9.36. The fourth-order valence-electron chi connectivity index (χ4n) is 7.13. The van der Waals surface area contributed by atoms with Crippen LogP contribution in [0.15, 0.2) is 30.5 Å². The van der Waals surface area contributed by atoms with Crippen LogP contribution in [0.5, 0.6) is 0 Å². The predicted octanol–water partition coefficient (Wildman–Crippen LogP) is 6.16. The molecule has 2 aliphatic heterocycles. The van der Waals surface area contributed by atoms with E-state index in [1.54, 1.807) is 11.3 Å². The van der Waals surface area contributed by atoms with Crippen LogP contribution in [0.3, 0.4) is 0 Å². The highest BCUT2D eigenvalue weighted by atomic mass is 35.5. The quantitative estimate of drug-likeness (QED) is 0.406. The molecular weight excluding hydrogens is 538 g/mol. The lowest BCUT2D eigenvalue weighted by Crippen LogP contribution is -2.56. The van der Waals surface area contributed by atoms with E-state index in [0.29, 0.717) is 18.4 Å². The van der Waals surface area contributed by atoms with E-state index < -0.39 is 14.8 Å². The number of thiophene rings is 1. The van der Waals surface area contributed by atoms with Crippen molar-refractivity contribution in [2.75, 3.05) is 18.0 Å². The normalized spacial score (nSPS) is 26.4. The van der Waals surface area contributed by atoms with Crippen molar-refractivity contribution in [1.82, 2.24) is 9.29 Å². The molecule has 2 aromatic heterocycles. The van der Waals surface area contributed by atoms with Crippen molar-refractivity contribution in [2.24, 2.45) is 5.92 Å². The summed E-state index contributed by atoms with van der Waals surface area (Å²) in [7, 11) is -3.44. The van der Waals surface area contributed by atoms with Gasteiger partial charge in [-0.25, -0.2) is 8.42 Å². The molecule has 2 saturated carbocycles. The molecule has 0 amide bonds. The Morgan fingerprint density at radius 2 is 1.97 bits per heavy atom. The van der Waals surface area contributed by atoms with E-state index in [1.165, 1.54) is 11.3 Å². The number of aliphatic hydroxyl groups excluding tert-OH is 1. The molecule has 38 heavy (non-hydrogen) atoms. The number of nitrogens with zero attached hydrogens (tertiary/aromatic N) is 3. The maximum atomic E-state index is 13.8. The monoisotopic (exact) mass is 571 g/mol. The molecule has 3 atom stereocenters. The average molecular weight is 572 g/mol. The zero-order valence-electron chi connectivity index (χ0n) is 22.1. The van der Waals surface area contributed by atoms with Gasteiger partial charge in [0, 0.05) is 57.6 Å². The molecule has 0 radical (unpaired) electrons. The molecular formula is C29H34ClN3O3S2. The summed E-state index contributed by atoms with van der Waals surface area (Å²) in [5, 5.41) is 10.5. The van der Waals surface area contributed by atoms with Crippen LogP contribution in [0, 0.1) is 5.92 Å². The van der Waals surface area contributed by atoms with Gasteiger partial charge in [0.1, 0.15) is 0 Å². The van der Waals surface area contributed by atoms with E-state index in [4.69, 9.17) is 11.6 Å². The Kier molecular flexibility index (Phi) is 5.59. The summed E-state index contributed by atoms with van der Waals surface area (Å²) in [6, 6.07) is 8.35. The fraction of sp³-hybridized carbons (Fsp3) is 0.552. The first-order chi connectivity index (χ1) is 18.0. The molecule has 4 heterocycles. The first kappa shape index (κ1) is 25.3. The summed E-state index contributed by atoms with van der Waals surface area (Å²) in [6.07, 6.45) is 6.85. The number of rotatable bonds is 4. The van der Waals surface area contributed by atoms with Crippen molar-refractivity contribution < 1.29 is 13.5 Å². The van der Waals surface area contributed by atoms with Gasteiger partial charge in [0.05, 0.1) is 21.6 Å². The Hall–Kier alpha value is -1.71. The number of aliphatic hydroxyl groups is 1. The van der Waals surface area contributed by atoms with Gasteiger partial charge in [-0.1, -0.05) is 11.6 Å². The van der Waals surface area contributed by atoms with Crippen LogP contribution in [0.1, 0.15) is 69.2 Å². The Labute approximate surface area is 233 Å². The molecule has 202 valence electrons. The maximum absolute atomic E-state index is 13.8. The number of benzene rings is 1. The summed E-state index contributed by atoms with van der Waals surface area (Å²) < 4.78 is 29.7. The summed E-state index contributed by atoms with van der Waals surface area (Å²) in [6.45, 7) is 6.96. The van der Waals surface area contributed by atoms with E-state index in [9.17, 15) is 13.5 Å². The lowest BCUT2D eigenvalue weighted by atomic mass is 9.75. The van der Waals surface area contributed by atoms with Gasteiger partial charge in [0.15, 0.2) is 0 Å². The highest BCUT2D eigenvalue weighted by Crippen LogP contribution is 2.60. The molecule has 6 nitrogen and oxygen atoms in total. The number of halogens is 1. The molecule has 3 fully saturated rings. The SMILES string of the molecule is CC(C)(C)S(=O)(=O)N1C[C@H](N2C[C@@H]3C[C@@H]3c3cc(Cl)cc(-c4ccnc5cc(CO)sc45)c32)CC12CCC2. The van der Waals surface area contributed by atoms with Gasteiger partial charge in [-0.2, -0.15) is 4.31 Å². The van der Waals surface area contributed by atoms with E-state index in [1.807, 2.05) is 37.3 Å². The molecule has 7 rings (SSSR count). The number of aromatic nitrogens is 1. The van der Waals surface area contributed by atoms with Crippen molar-refractivity contribution in [3.63, 3.8) is 0 Å². The van der Waals surface area contributed by atoms with Crippen molar-refractivity contribution in [3.05, 3.63) is 45.9 Å². The molecule has 2 aliphatic carbocycles. The topological polar surface area (TPSA) is 73.7 Å². The van der Waals surface area contributed by atoms with Gasteiger partial charge in [-0.05, 0) is 94.5 Å². The van der Waals surface area contributed by atoms with Crippen LogP contribution in [-0.2, 0) is 16.6 Å². The smallest absolute Gasteiger partial charge is 0.219 e. The number of hydrogen-bond donors (Lipinski definition) is 1. The molecule has 3 aromatic rings. The number of pyridine rings is 1. The average Bonchev–Trinajstić information content (AvgIpc) is 3.31. The second kappa shape index (κ2) is 8.40. The molecule has 1 saturated heterocycles. The van der Waals surface area contributed by atoms with Gasteiger partial charge >= 0.3 is 0 Å². The van der Waals surface area contributed by atoms with E-state index in [0.717, 1.165) is 69.9 Å². The minimum Gasteiger partial charge on any atom is -0.391 e. The first-order valence-electron chi connectivity index (χ1n) is 13.6. The molecule has 9 heteroatoms. The Morgan fingerprint density at radius 3 is 2.66 bits per heavy atom. The van der Waals surface area contributed by atoms with Gasteiger partial charge in [-0.15, -0.1) is 11.3 Å². The molecule has 4 aliphatic rings. The molecule has 0 unspecified atom stereocenters. The van der Waals surface area contributed by atoms with Crippen molar-refractivity contribution >= 4 is 48.9 Å². The Balaban J connectivity index is 1.37. The van der Waals surface area contributed by atoms with Gasteiger partial charge in [-0.3, -0.25) is 4.98 Å². The van der Waals surface area contributed by atoms with Crippen LogP contribution < -0.4 is 4.90 Å². The summed E-state index contributed by atoms with van der Waals surface area (Å²) >= 11 is 8.34. The third-order valence-corrected chi connectivity index (χ3v) is 13.4. The highest BCUT2D eigenvalue weighted by molar-refractivity contribution is 7.90. The summed E-state index contributed by atoms with van der Waals surface area (Å²) in [5.74, 6) is 1.11. The van der Waals surface area contributed by atoms with Crippen LogP contribution in [0.4, 0.5) is 5.69 Å². The minimum absolute atomic E-state index is 0.00770. The van der Waals surface area contributed by atoms with Crippen molar-refractivity contribution in [1.29, 1.82) is 0 Å². The number of fused-ring (bicyclic) bond motifs is 4. The second-order valence-corrected chi connectivity index (χ2v) is 16.9. The third kappa shape index (κ3) is 3.63. The van der Waals surface area contributed by atoms with E-state index in [2.05, 4.69) is 28.1 Å². The summed E-state index contributed by atoms with van der Waals surface area (Å²) in [5.41, 5.74) is 5.32. The van der Waals surface area contributed by atoms with Gasteiger partial charge in [0.2, 0.25) is 10.0 Å². The van der Waals surface area contributed by atoms with Crippen molar-refractivity contribution in [2.45, 2.75) is 81.7 Å². The highest BCUT2D eigenvalue weighted by Gasteiger charge is 2.59. The van der Waals surface area contributed by atoms with E-state index >= 15 is 0 Å². The fourth-order valence-corrected chi connectivity index (χ4v) is 10.2. The standard InChI is InChI=1S/C29H34ClN3O3S2/c1-28(2,3)38(35,36)33-15-19(13-29(33)6-4-7-29)32-14-17-9-22(17)24-11-18(30)10-23(26(24)32)21-5-8-31-25-12-20(16-34)37-27(21)25/h5,8,10-12,17,19,22,34H,4,6-7,9,13-16H2,1-3H3/t17-,19+,22-/m0/s1. The molecule has 0 bridgehead atoms. The van der Waals surface area contributed by atoms with E-state index in [-0.39, 0.29) is 18.2 Å². The Bertz CT molecular complexity index is 1560. The van der Waals surface area contributed by atoms with Crippen LogP contribution in [-0.4, -0.2) is 52.2 Å². The zero-order valence-corrected chi connectivity index (χ0v) is 24.5. The lowest BCUT2D eigenvalue weighted by molar-refractivity contribution is 0.125.